The average molecular weight is 285 g/mol. The summed E-state index contributed by atoms with van der Waals surface area (Å²) >= 11 is 1.28. The number of likely N-dealkylation sites (tertiary alicyclic amines) is 1. The average Bonchev–Trinajstić information content (AvgIpc) is 2.98. The van der Waals surface area contributed by atoms with Gasteiger partial charge in [-0.3, -0.25) is 25.3 Å². The molecular weight excluding hydrogens is 270 g/mol. The van der Waals surface area contributed by atoms with Gasteiger partial charge in [-0.1, -0.05) is 6.07 Å². The maximum atomic E-state index is 11.6. The third-order valence-electron chi connectivity index (χ3n) is 2.76. The van der Waals surface area contributed by atoms with E-state index < -0.39 is 18.1 Å². The van der Waals surface area contributed by atoms with Gasteiger partial charge in [-0.25, -0.2) is 0 Å². The normalized spacial score (nSPS) is 23.3. The van der Waals surface area contributed by atoms with Crippen molar-refractivity contribution in [1.29, 1.82) is 0 Å². The van der Waals surface area contributed by atoms with Crippen LogP contribution in [0.3, 0.4) is 0 Å². The number of rotatable bonds is 3. The van der Waals surface area contributed by atoms with Crippen LogP contribution in [-0.4, -0.2) is 58.8 Å². The maximum Gasteiger partial charge on any atom is 0.279 e. The first-order valence-corrected chi connectivity index (χ1v) is 6.65. The van der Waals surface area contributed by atoms with E-state index in [1.165, 1.54) is 11.3 Å². The molecule has 0 aromatic carbocycles. The van der Waals surface area contributed by atoms with E-state index in [-0.39, 0.29) is 25.5 Å². The van der Waals surface area contributed by atoms with Crippen LogP contribution in [-0.2, 0) is 4.79 Å². The van der Waals surface area contributed by atoms with Gasteiger partial charge in [0.2, 0.25) is 0 Å². The Labute approximate surface area is 113 Å². The number of carbonyl (C=O) groups excluding carboxylic acids is 2. The number of nitrogens with one attached hydrogen (secondary N) is 2. The van der Waals surface area contributed by atoms with Crippen LogP contribution in [0.4, 0.5) is 0 Å². The lowest BCUT2D eigenvalue weighted by molar-refractivity contribution is -0.122. The number of hydrogen-bond acceptors (Lipinski definition) is 6. The Morgan fingerprint density at radius 1 is 1.32 bits per heavy atom. The van der Waals surface area contributed by atoms with Crippen molar-refractivity contribution in [3.05, 3.63) is 22.4 Å². The SMILES string of the molecule is O=C(CN1CC(O)C(O)C1)NNC(=O)c1cccs1. The topological polar surface area (TPSA) is 102 Å². The van der Waals surface area contributed by atoms with Gasteiger partial charge in [0.1, 0.15) is 0 Å². The Kier molecular flexibility index (Phi) is 4.48. The summed E-state index contributed by atoms with van der Waals surface area (Å²) in [4.78, 5) is 25.2. The van der Waals surface area contributed by atoms with Gasteiger partial charge >= 0.3 is 0 Å². The lowest BCUT2D eigenvalue weighted by atomic mass is 10.3. The summed E-state index contributed by atoms with van der Waals surface area (Å²) in [6.07, 6.45) is -1.65. The van der Waals surface area contributed by atoms with Crippen molar-refractivity contribution in [2.45, 2.75) is 12.2 Å². The largest absolute Gasteiger partial charge is 0.389 e. The number of amides is 2. The summed E-state index contributed by atoms with van der Waals surface area (Å²) in [7, 11) is 0. The number of aliphatic hydroxyl groups is 2. The molecule has 2 heterocycles. The quantitative estimate of drug-likeness (QED) is 0.509. The molecule has 8 heteroatoms. The Morgan fingerprint density at radius 3 is 2.58 bits per heavy atom. The molecule has 0 radical (unpaired) electrons. The van der Waals surface area contributed by atoms with Crippen molar-refractivity contribution in [2.24, 2.45) is 0 Å². The Bertz CT molecular complexity index is 441. The first kappa shape index (κ1) is 13.9. The lowest BCUT2D eigenvalue weighted by Crippen LogP contribution is -2.46. The first-order valence-electron chi connectivity index (χ1n) is 5.77. The van der Waals surface area contributed by atoms with Crippen molar-refractivity contribution < 1.29 is 19.8 Å². The van der Waals surface area contributed by atoms with Gasteiger partial charge in [0, 0.05) is 13.1 Å². The summed E-state index contributed by atoms with van der Waals surface area (Å²) in [6.45, 7) is 0.500. The van der Waals surface area contributed by atoms with Crippen molar-refractivity contribution >= 4 is 23.2 Å². The molecule has 4 N–H and O–H groups in total. The molecule has 1 aromatic rings. The molecule has 1 saturated heterocycles. The molecular formula is C11H15N3O4S. The molecule has 0 spiro atoms. The molecule has 1 aliphatic rings. The molecule has 0 bridgehead atoms. The van der Waals surface area contributed by atoms with E-state index >= 15 is 0 Å². The minimum Gasteiger partial charge on any atom is -0.389 e. The second-order valence-corrected chi connectivity index (χ2v) is 5.26. The maximum absolute atomic E-state index is 11.6. The number of carbonyl (C=O) groups is 2. The molecule has 1 aliphatic heterocycles. The Balaban J connectivity index is 1.72. The van der Waals surface area contributed by atoms with Crippen molar-refractivity contribution in [2.75, 3.05) is 19.6 Å². The fraction of sp³-hybridized carbons (Fsp3) is 0.455. The zero-order valence-corrected chi connectivity index (χ0v) is 10.9. The minimum absolute atomic E-state index is 0.0127. The summed E-state index contributed by atoms with van der Waals surface area (Å²) in [5, 5.41) is 20.4. The number of nitrogens with zero attached hydrogens (tertiary/aromatic N) is 1. The fourth-order valence-electron chi connectivity index (χ4n) is 1.81. The van der Waals surface area contributed by atoms with E-state index in [9.17, 15) is 19.8 Å². The molecule has 2 atom stereocenters. The van der Waals surface area contributed by atoms with Gasteiger partial charge in [-0.15, -0.1) is 11.3 Å². The van der Waals surface area contributed by atoms with Gasteiger partial charge in [0.15, 0.2) is 0 Å². The summed E-state index contributed by atoms with van der Waals surface area (Å²) in [5.74, 6) is -0.768. The monoisotopic (exact) mass is 285 g/mol. The van der Waals surface area contributed by atoms with Crippen LogP contribution in [0.5, 0.6) is 0 Å². The van der Waals surface area contributed by atoms with E-state index in [1.807, 2.05) is 0 Å². The van der Waals surface area contributed by atoms with E-state index in [2.05, 4.69) is 10.9 Å². The Hall–Kier alpha value is -1.48. The standard InChI is InChI=1S/C11H15N3O4S/c15-7-4-14(5-8(7)16)6-10(17)12-13-11(18)9-2-1-3-19-9/h1-3,7-8,15-16H,4-6H2,(H,12,17)(H,13,18). The van der Waals surface area contributed by atoms with Crippen LogP contribution < -0.4 is 10.9 Å². The number of aliphatic hydroxyl groups excluding tert-OH is 2. The van der Waals surface area contributed by atoms with Crippen molar-refractivity contribution in [1.82, 2.24) is 15.8 Å². The van der Waals surface area contributed by atoms with Crippen LogP contribution in [0.2, 0.25) is 0 Å². The van der Waals surface area contributed by atoms with E-state index in [4.69, 9.17) is 0 Å². The first-order chi connectivity index (χ1) is 9.06. The van der Waals surface area contributed by atoms with Crippen LogP contribution in [0.1, 0.15) is 9.67 Å². The zero-order chi connectivity index (χ0) is 13.8. The highest BCUT2D eigenvalue weighted by Crippen LogP contribution is 2.09. The van der Waals surface area contributed by atoms with Gasteiger partial charge in [-0.2, -0.15) is 0 Å². The summed E-state index contributed by atoms with van der Waals surface area (Å²) < 4.78 is 0. The smallest absolute Gasteiger partial charge is 0.279 e. The predicted molar refractivity (Wildman–Crippen MR) is 68.4 cm³/mol. The number of thiophene rings is 1. The highest BCUT2D eigenvalue weighted by molar-refractivity contribution is 7.12. The third kappa shape index (κ3) is 3.74. The van der Waals surface area contributed by atoms with Crippen LogP contribution in [0, 0.1) is 0 Å². The number of β-amino-alcohol motifs (C(OH)–C–C–N with tert-alkyl or cyclic N) is 2. The number of hydrogen-bond donors (Lipinski definition) is 4. The van der Waals surface area contributed by atoms with Gasteiger partial charge in [-0.05, 0) is 11.4 Å². The van der Waals surface area contributed by atoms with Gasteiger partial charge < -0.3 is 10.2 Å². The predicted octanol–water partition coefficient (Wildman–Crippen LogP) is -1.45. The van der Waals surface area contributed by atoms with E-state index in [0.717, 1.165) is 0 Å². The highest BCUT2D eigenvalue weighted by Gasteiger charge is 2.30. The molecule has 7 nitrogen and oxygen atoms in total. The van der Waals surface area contributed by atoms with Crippen molar-refractivity contribution in [3.63, 3.8) is 0 Å². The van der Waals surface area contributed by atoms with E-state index in [1.54, 1.807) is 22.4 Å². The van der Waals surface area contributed by atoms with Crippen LogP contribution in [0.15, 0.2) is 17.5 Å². The molecule has 2 rings (SSSR count). The molecule has 1 fully saturated rings. The van der Waals surface area contributed by atoms with Crippen molar-refractivity contribution in [3.8, 4) is 0 Å². The minimum atomic E-state index is -0.825. The molecule has 2 unspecified atom stereocenters. The lowest BCUT2D eigenvalue weighted by Gasteiger charge is -2.14. The molecule has 0 aliphatic carbocycles. The van der Waals surface area contributed by atoms with E-state index in [0.29, 0.717) is 4.88 Å². The van der Waals surface area contributed by atoms with Crippen LogP contribution in [0.25, 0.3) is 0 Å². The van der Waals surface area contributed by atoms with Gasteiger partial charge in [0.05, 0.1) is 23.6 Å². The highest BCUT2D eigenvalue weighted by atomic mass is 32.1. The van der Waals surface area contributed by atoms with Crippen LogP contribution >= 0.6 is 11.3 Å². The summed E-state index contributed by atoms with van der Waals surface area (Å²) in [5.41, 5.74) is 4.59. The number of hydrazine groups is 1. The molecule has 19 heavy (non-hydrogen) atoms. The second kappa shape index (κ2) is 6.11. The Morgan fingerprint density at radius 2 is 2.00 bits per heavy atom. The molecule has 2 amide bonds. The zero-order valence-electron chi connectivity index (χ0n) is 10.1. The van der Waals surface area contributed by atoms with Gasteiger partial charge in [0.25, 0.3) is 11.8 Å². The molecule has 1 aromatic heterocycles. The molecule has 104 valence electrons. The summed E-state index contributed by atoms with van der Waals surface area (Å²) in [6, 6.07) is 3.40. The third-order valence-corrected chi connectivity index (χ3v) is 3.63. The fourth-order valence-corrected chi connectivity index (χ4v) is 2.43. The molecule has 0 saturated carbocycles. The second-order valence-electron chi connectivity index (χ2n) is 4.31.